The highest BCUT2D eigenvalue weighted by Crippen LogP contribution is 2.14. The molecule has 0 spiro atoms. The Morgan fingerprint density at radius 3 is 2.57 bits per heavy atom. The fraction of sp³-hybridized carbons (Fsp3) is 0.562. The summed E-state index contributed by atoms with van der Waals surface area (Å²) in [5, 5.41) is 0. The Kier molecular flexibility index (Phi) is 5.31. The van der Waals surface area contributed by atoms with Gasteiger partial charge in [-0.15, -0.1) is 0 Å². The maximum absolute atomic E-state index is 13.3. The Morgan fingerprint density at radius 1 is 1.33 bits per heavy atom. The number of carbonyl (C=O) groups is 1. The van der Waals surface area contributed by atoms with Crippen molar-refractivity contribution in [1.29, 1.82) is 0 Å². The van der Waals surface area contributed by atoms with Crippen molar-refractivity contribution in [3.05, 3.63) is 35.1 Å². The predicted molar refractivity (Wildman–Crippen MR) is 80.0 cm³/mol. The maximum Gasteiger partial charge on any atom is 0.253 e. The molecule has 21 heavy (non-hydrogen) atoms. The van der Waals surface area contributed by atoms with Crippen LogP contribution in [0.15, 0.2) is 18.2 Å². The van der Waals surface area contributed by atoms with E-state index in [2.05, 4.69) is 11.8 Å². The van der Waals surface area contributed by atoms with Crippen LogP contribution in [0.1, 0.15) is 22.8 Å². The van der Waals surface area contributed by atoms with Crippen molar-refractivity contribution >= 4 is 5.91 Å². The van der Waals surface area contributed by atoms with Gasteiger partial charge in [0.05, 0.1) is 6.61 Å². The first kappa shape index (κ1) is 15.9. The summed E-state index contributed by atoms with van der Waals surface area (Å²) in [6.45, 7) is 7.59. The Hall–Kier alpha value is -1.46. The second kappa shape index (κ2) is 7.00. The largest absolute Gasteiger partial charge is 0.383 e. The average molecular weight is 294 g/mol. The zero-order valence-corrected chi connectivity index (χ0v) is 12.9. The molecule has 1 aliphatic rings. The van der Waals surface area contributed by atoms with Gasteiger partial charge in [0.2, 0.25) is 0 Å². The lowest BCUT2D eigenvalue weighted by Gasteiger charge is -2.37. The van der Waals surface area contributed by atoms with Crippen LogP contribution < -0.4 is 0 Å². The summed E-state index contributed by atoms with van der Waals surface area (Å²) >= 11 is 0. The number of rotatable bonds is 4. The highest BCUT2D eigenvalue weighted by atomic mass is 19.1. The maximum atomic E-state index is 13.3. The Labute approximate surface area is 125 Å². The van der Waals surface area contributed by atoms with Crippen molar-refractivity contribution in [2.45, 2.75) is 19.9 Å². The third-order valence-corrected chi connectivity index (χ3v) is 4.04. The third-order valence-electron chi connectivity index (χ3n) is 4.04. The number of aryl methyl sites for hydroxylation is 1. The van der Waals surface area contributed by atoms with Gasteiger partial charge < -0.3 is 9.64 Å². The number of hydrogen-bond acceptors (Lipinski definition) is 3. The van der Waals surface area contributed by atoms with Gasteiger partial charge in [0, 0.05) is 44.9 Å². The van der Waals surface area contributed by atoms with Crippen molar-refractivity contribution in [3.63, 3.8) is 0 Å². The molecule has 0 aliphatic carbocycles. The van der Waals surface area contributed by atoms with Crippen LogP contribution in [-0.2, 0) is 4.74 Å². The molecule has 0 radical (unpaired) electrons. The average Bonchev–Trinajstić information content (AvgIpc) is 2.50. The van der Waals surface area contributed by atoms with Gasteiger partial charge in [-0.3, -0.25) is 9.69 Å². The summed E-state index contributed by atoms with van der Waals surface area (Å²) < 4.78 is 18.4. The number of ether oxygens (including phenoxy) is 1. The zero-order valence-electron chi connectivity index (χ0n) is 12.9. The van der Waals surface area contributed by atoms with Crippen LogP contribution in [0.5, 0.6) is 0 Å². The molecule has 1 saturated heterocycles. The number of hydrogen-bond donors (Lipinski definition) is 0. The molecule has 1 amide bonds. The van der Waals surface area contributed by atoms with E-state index in [1.165, 1.54) is 6.07 Å². The molecule has 1 aliphatic heterocycles. The van der Waals surface area contributed by atoms with E-state index in [0.717, 1.165) is 13.1 Å². The van der Waals surface area contributed by atoms with Crippen molar-refractivity contribution in [2.75, 3.05) is 39.9 Å². The molecule has 2 rings (SSSR count). The Bertz CT molecular complexity index is 499. The second-order valence-electron chi connectivity index (χ2n) is 5.60. The smallest absolute Gasteiger partial charge is 0.253 e. The van der Waals surface area contributed by atoms with Gasteiger partial charge in [-0.2, -0.15) is 0 Å². The molecule has 1 atom stereocenters. The molecule has 0 bridgehead atoms. The molecule has 0 N–H and O–H groups in total. The van der Waals surface area contributed by atoms with E-state index in [9.17, 15) is 9.18 Å². The van der Waals surface area contributed by atoms with Crippen LogP contribution in [-0.4, -0.2) is 61.6 Å². The lowest BCUT2D eigenvalue weighted by molar-refractivity contribution is 0.0449. The minimum Gasteiger partial charge on any atom is -0.383 e. The number of benzene rings is 1. The third kappa shape index (κ3) is 3.80. The number of nitrogens with zero attached hydrogens (tertiary/aromatic N) is 2. The molecular weight excluding hydrogens is 271 g/mol. The molecule has 0 unspecified atom stereocenters. The first-order valence-corrected chi connectivity index (χ1v) is 7.31. The topological polar surface area (TPSA) is 32.8 Å². The lowest BCUT2D eigenvalue weighted by atomic mass is 10.1. The summed E-state index contributed by atoms with van der Waals surface area (Å²) in [6.07, 6.45) is 0. The molecule has 4 nitrogen and oxygen atoms in total. The summed E-state index contributed by atoms with van der Waals surface area (Å²) in [4.78, 5) is 16.6. The van der Waals surface area contributed by atoms with Crippen molar-refractivity contribution < 1.29 is 13.9 Å². The van der Waals surface area contributed by atoms with Gasteiger partial charge in [-0.1, -0.05) is 0 Å². The minimum absolute atomic E-state index is 0.0165. The standard InChI is InChI=1S/C16H23FN2O2/c1-12-10-14(4-5-15(12)17)16(20)19-8-6-18(7-9-19)13(2)11-21-3/h4-5,10,13H,6-9,11H2,1-3H3/t13-/m0/s1. The molecule has 1 heterocycles. The quantitative estimate of drug-likeness (QED) is 0.850. The van der Waals surface area contributed by atoms with Crippen LogP contribution in [0.2, 0.25) is 0 Å². The van der Waals surface area contributed by atoms with E-state index >= 15 is 0 Å². The van der Waals surface area contributed by atoms with Gasteiger partial charge in [0.1, 0.15) is 5.82 Å². The fourth-order valence-corrected chi connectivity index (χ4v) is 2.67. The summed E-state index contributed by atoms with van der Waals surface area (Å²) in [6, 6.07) is 4.90. The van der Waals surface area contributed by atoms with Gasteiger partial charge in [-0.05, 0) is 37.6 Å². The SMILES string of the molecule is COC[C@H](C)N1CCN(C(=O)c2ccc(F)c(C)c2)CC1. The van der Waals surface area contributed by atoms with Crippen LogP contribution in [0.25, 0.3) is 0 Å². The molecule has 0 saturated carbocycles. The summed E-state index contributed by atoms with van der Waals surface area (Å²) in [7, 11) is 1.70. The van der Waals surface area contributed by atoms with Crippen molar-refractivity contribution in [3.8, 4) is 0 Å². The van der Waals surface area contributed by atoms with Gasteiger partial charge in [0.25, 0.3) is 5.91 Å². The van der Waals surface area contributed by atoms with Crippen molar-refractivity contribution in [1.82, 2.24) is 9.80 Å². The van der Waals surface area contributed by atoms with Gasteiger partial charge >= 0.3 is 0 Å². The van der Waals surface area contributed by atoms with Crippen LogP contribution in [0, 0.1) is 12.7 Å². The number of methoxy groups -OCH3 is 1. The highest BCUT2D eigenvalue weighted by Gasteiger charge is 2.24. The number of carbonyl (C=O) groups excluding carboxylic acids is 1. The second-order valence-corrected chi connectivity index (χ2v) is 5.60. The van der Waals surface area contributed by atoms with Crippen LogP contribution >= 0.6 is 0 Å². The fourth-order valence-electron chi connectivity index (χ4n) is 2.67. The van der Waals surface area contributed by atoms with E-state index in [0.29, 0.717) is 36.9 Å². The molecule has 1 aromatic carbocycles. The first-order valence-electron chi connectivity index (χ1n) is 7.31. The normalized spacial score (nSPS) is 17.8. The monoisotopic (exact) mass is 294 g/mol. The zero-order chi connectivity index (χ0) is 15.4. The predicted octanol–water partition coefficient (Wildman–Crippen LogP) is 1.93. The first-order chi connectivity index (χ1) is 10.0. The summed E-state index contributed by atoms with van der Waals surface area (Å²) in [5.41, 5.74) is 1.07. The minimum atomic E-state index is -0.273. The lowest BCUT2D eigenvalue weighted by Crippen LogP contribution is -2.52. The van der Waals surface area contributed by atoms with Gasteiger partial charge in [-0.25, -0.2) is 4.39 Å². The number of piperazine rings is 1. The van der Waals surface area contributed by atoms with E-state index in [4.69, 9.17) is 4.74 Å². The Balaban J connectivity index is 1.95. The molecular formula is C16H23FN2O2. The van der Waals surface area contributed by atoms with Gasteiger partial charge in [0.15, 0.2) is 0 Å². The summed E-state index contributed by atoms with van der Waals surface area (Å²) in [5.74, 6) is -0.290. The van der Waals surface area contributed by atoms with E-state index in [1.54, 1.807) is 26.2 Å². The molecule has 116 valence electrons. The Morgan fingerprint density at radius 2 is 2.00 bits per heavy atom. The number of halogens is 1. The molecule has 0 aromatic heterocycles. The van der Waals surface area contributed by atoms with Crippen molar-refractivity contribution in [2.24, 2.45) is 0 Å². The molecule has 1 fully saturated rings. The number of amides is 1. The molecule has 1 aromatic rings. The highest BCUT2D eigenvalue weighted by molar-refractivity contribution is 5.94. The van der Waals surface area contributed by atoms with Crippen LogP contribution in [0.3, 0.4) is 0 Å². The van der Waals surface area contributed by atoms with Crippen LogP contribution in [0.4, 0.5) is 4.39 Å². The molecule has 5 heteroatoms. The van der Waals surface area contributed by atoms with E-state index in [-0.39, 0.29) is 11.7 Å². The van der Waals surface area contributed by atoms with E-state index in [1.807, 2.05) is 4.90 Å². The van der Waals surface area contributed by atoms with E-state index < -0.39 is 0 Å².